The Morgan fingerprint density at radius 1 is 0.862 bits per heavy atom. The molecular formula is C22H15FN4O2. The number of ether oxygens (including phenoxy) is 1. The quantitative estimate of drug-likeness (QED) is 0.465. The molecule has 0 aliphatic rings. The van der Waals surface area contributed by atoms with Crippen molar-refractivity contribution in [2.24, 2.45) is 0 Å². The van der Waals surface area contributed by atoms with Gasteiger partial charge in [0.2, 0.25) is 5.82 Å². The number of halogens is 1. The number of hydrogen-bond donors (Lipinski definition) is 1. The minimum atomic E-state index is -0.310. The summed E-state index contributed by atoms with van der Waals surface area (Å²) in [7, 11) is 1.62. The van der Waals surface area contributed by atoms with Gasteiger partial charge >= 0.3 is 0 Å². The molecule has 0 bridgehead atoms. The van der Waals surface area contributed by atoms with Crippen LogP contribution in [-0.2, 0) is 0 Å². The Bertz CT molecular complexity index is 1290. The normalized spacial score (nSPS) is 11.1. The molecule has 0 aliphatic heterocycles. The molecule has 7 heteroatoms. The van der Waals surface area contributed by atoms with Crippen LogP contribution in [0.1, 0.15) is 0 Å². The molecule has 2 heterocycles. The van der Waals surface area contributed by atoms with Gasteiger partial charge in [-0.05, 0) is 36.4 Å². The van der Waals surface area contributed by atoms with E-state index in [1.807, 2.05) is 48.5 Å². The number of benzene rings is 3. The summed E-state index contributed by atoms with van der Waals surface area (Å²) < 4.78 is 23.9. The zero-order valence-electron chi connectivity index (χ0n) is 15.4. The van der Waals surface area contributed by atoms with Crippen LogP contribution in [-0.4, -0.2) is 27.2 Å². The van der Waals surface area contributed by atoms with Crippen molar-refractivity contribution in [1.82, 2.24) is 20.1 Å². The predicted octanol–water partition coefficient (Wildman–Crippen LogP) is 5.09. The number of aromatic amines is 1. The van der Waals surface area contributed by atoms with E-state index >= 15 is 0 Å². The van der Waals surface area contributed by atoms with E-state index in [4.69, 9.17) is 9.26 Å². The molecule has 2 aromatic heterocycles. The van der Waals surface area contributed by atoms with Crippen molar-refractivity contribution in [2.75, 3.05) is 7.11 Å². The van der Waals surface area contributed by atoms with Crippen LogP contribution in [0.4, 0.5) is 4.39 Å². The first-order valence-corrected chi connectivity index (χ1v) is 8.94. The molecule has 0 fully saturated rings. The molecule has 0 aliphatic carbocycles. The fourth-order valence-corrected chi connectivity index (χ4v) is 3.08. The Hall–Kier alpha value is -4.00. The Morgan fingerprint density at radius 3 is 2.34 bits per heavy atom. The summed E-state index contributed by atoms with van der Waals surface area (Å²) in [5, 5.41) is 4.07. The van der Waals surface area contributed by atoms with Gasteiger partial charge in [-0.3, -0.25) is 0 Å². The van der Waals surface area contributed by atoms with Crippen molar-refractivity contribution in [3.63, 3.8) is 0 Å². The van der Waals surface area contributed by atoms with Crippen LogP contribution in [0.3, 0.4) is 0 Å². The Labute approximate surface area is 165 Å². The molecule has 0 unspecified atom stereocenters. The highest BCUT2D eigenvalue weighted by molar-refractivity contribution is 5.79. The van der Waals surface area contributed by atoms with Gasteiger partial charge in [0.1, 0.15) is 17.4 Å². The second kappa shape index (κ2) is 6.87. The maximum absolute atomic E-state index is 13.4. The smallest absolute Gasteiger partial charge is 0.258 e. The maximum Gasteiger partial charge on any atom is 0.258 e. The lowest BCUT2D eigenvalue weighted by Crippen LogP contribution is -1.84. The average molecular weight is 386 g/mol. The Morgan fingerprint density at radius 2 is 1.59 bits per heavy atom. The predicted molar refractivity (Wildman–Crippen MR) is 107 cm³/mol. The van der Waals surface area contributed by atoms with Crippen molar-refractivity contribution in [3.8, 4) is 40.0 Å². The highest BCUT2D eigenvalue weighted by atomic mass is 19.1. The molecule has 5 aromatic rings. The second-order valence-corrected chi connectivity index (χ2v) is 6.48. The molecule has 0 radical (unpaired) electrons. The van der Waals surface area contributed by atoms with Crippen LogP contribution in [0.5, 0.6) is 5.75 Å². The van der Waals surface area contributed by atoms with E-state index in [-0.39, 0.29) is 5.82 Å². The highest BCUT2D eigenvalue weighted by Gasteiger charge is 2.12. The first-order chi connectivity index (χ1) is 14.2. The lowest BCUT2D eigenvalue weighted by atomic mass is 10.1. The largest absolute Gasteiger partial charge is 0.497 e. The number of imidazole rings is 1. The molecule has 142 valence electrons. The van der Waals surface area contributed by atoms with E-state index in [0.29, 0.717) is 23.1 Å². The van der Waals surface area contributed by atoms with E-state index in [0.717, 1.165) is 28.0 Å². The molecule has 1 N–H and O–H groups in total. The third-order valence-corrected chi connectivity index (χ3v) is 4.62. The van der Waals surface area contributed by atoms with Gasteiger partial charge in [0.15, 0.2) is 0 Å². The lowest BCUT2D eigenvalue weighted by Gasteiger charge is -1.99. The minimum absolute atomic E-state index is 0.310. The first kappa shape index (κ1) is 17.1. The zero-order valence-corrected chi connectivity index (χ0v) is 15.4. The van der Waals surface area contributed by atoms with Gasteiger partial charge in [-0.15, -0.1) is 0 Å². The molecule has 29 heavy (non-hydrogen) atoms. The first-order valence-electron chi connectivity index (χ1n) is 8.94. The van der Waals surface area contributed by atoms with Gasteiger partial charge < -0.3 is 14.2 Å². The average Bonchev–Trinajstić information content (AvgIpc) is 3.41. The molecule has 3 aromatic carbocycles. The van der Waals surface area contributed by atoms with Gasteiger partial charge in [-0.25, -0.2) is 9.37 Å². The summed E-state index contributed by atoms with van der Waals surface area (Å²) in [6.07, 6.45) is 0. The minimum Gasteiger partial charge on any atom is -0.497 e. The highest BCUT2D eigenvalue weighted by Crippen LogP contribution is 2.26. The van der Waals surface area contributed by atoms with E-state index < -0.39 is 0 Å². The topological polar surface area (TPSA) is 76.8 Å². The monoisotopic (exact) mass is 386 g/mol. The fraction of sp³-hybridized carbons (Fsp3) is 0.0455. The summed E-state index contributed by atoms with van der Waals surface area (Å²) in [6.45, 7) is 0. The molecule has 0 spiro atoms. The summed E-state index contributed by atoms with van der Waals surface area (Å²) in [5.74, 6) is 2.05. The fourth-order valence-electron chi connectivity index (χ4n) is 3.08. The molecule has 0 amide bonds. The van der Waals surface area contributed by atoms with Gasteiger partial charge in [0.25, 0.3) is 5.89 Å². The van der Waals surface area contributed by atoms with Crippen molar-refractivity contribution >= 4 is 11.0 Å². The standard InChI is InChI=1S/C22H15FN4O2/c1-28-17-9-6-15(7-10-17)22-26-21(27-29-22)14-4-2-13(3-5-14)20-24-18-11-8-16(23)12-19(18)25-20/h2-12H,1H3,(H,24,25). The number of H-pyrrole nitrogens is 1. The van der Waals surface area contributed by atoms with Crippen LogP contribution >= 0.6 is 0 Å². The van der Waals surface area contributed by atoms with Crippen LogP contribution < -0.4 is 4.74 Å². The molecular weight excluding hydrogens is 371 g/mol. The van der Waals surface area contributed by atoms with Gasteiger partial charge in [0, 0.05) is 22.8 Å². The number of fused-ring (bicyclic) bond motifs is 1. The number of nitrogens with zero attached hydrogens (tertiary/aromatic N) is 3. The molecule has 5 rings (SSSR count). The molecule has 6 nitrogen and oxygen atoms in total. The Kier molecular flexibility index (Phi) is 4.05. The number of methoxy groups -OCH3 is 1. The zero-order chi connectivity index (χ0) is 19.8. The Balaban J connectivity index is 1.41. The lowest BCUT2D eigenvalue weighted by molar-refractivity contribution is 0.414. The SMILES string of the molecule is COc1ccc(-c2nc(-c3ccc(-c4nc5cc(F)ccc5[nH]4)cc3)no2)cc1. The third kappa shape index (κ3) is 3.23. The molecule has 0 saturated carbocycles. The van der Waals surface area contributed by atoms with Gasteiger partial charge in [0.05, 0.1) is 18.1 Å². The summed E-state index contributed by atoms with van der Waals surface area (Å²) in [6, 6.07) is 19.5. The van der Waals surface area contributed by atoms with Gasteiger partial charge in [-0.2, -0.15) is 4.98 Å². The number of rotatable bonds is 4. The van der Waals surface area contributed by atoms with Crippen molar-refractivity contribution in [1.29, 1.82) is 0 Å². The molecule has 0 atom stereocenters. The summed E-state index contributed by atoms with van der Waals surface area (Å²) in [5.41, 5.74) is 3.89. The third-order valence-electron chi connectivity index (χ3n) is 4.62. The van der Waals surface area contributed by atoms with Crippen molar-refractivity contribution in [3.05, 3.63) is 72.5 Å². The van der Waals surface area contributed by atoms with E-state index in [1.54, 1.807) is 13.2 Å². The number of hydrogen-bond acceptors (Lipinski definition) is 5. The van der Waals surface area contributed by atoms with E-state index in [2.05, 4.69) is 20.1 Å². The molecule has 0 saturated heterocycles. The van der Waals surface area contributed by atoms with E-state index in [9.17, 15) is 4.39 Å². The summed E-state index contributed by atoms with van der Waals surface area (Å²) >= 11 is 0. The summed E-state index contributed by atoms with van der Waals surface area (Å²) in [4.78, 5) is 12.1. The number of nitrogens with one attached hydrogen (secondary N) is 1. The maximum atomic E-state index is 13.4. The van der Waals surface area contributed by atoms with Crippen LogP contribution in [0, 0.1) is 5.82 Å². The number of aromatic nitrogens is 4. The second-order valence-electron chi connectivity index (χ2n) is 6.48. The van der Waals surface area contributed by atoms with Crippen molar-refractivity contribution < 1.29 is 13.7 Å². The van der Waals surface area contributed by atoms with Crippen LogP contribution in [0.25, 0.3) is 45.3 Å². The van der Waals surface area contributed by atoms with Gasteiger partial charge in [-0.1, -0.05) is 29.4 Å². The van der Waals surface area contributed by atoms with E-state index in [1.165, 1.54) is 12.1 Å². The van der Waals surface area contributed by atoms with Crippen LogP contribution in [0.15, 0.2) is 71.3 Å². The van der Waals surface area contributed by atoms with Crippen molar-refractivity contribution in [2.45, 2.75) is 0 Å². The van der Waals surface area contributed by atoms with Crippen LogP contribution in [0.2, 0.25) is 0 Å².